The van der Waals surface area contributed by atoms with Gasteiger partial charge in [-0.05, 0) is 24.3 Å². The smallest absolute Gasteiger partial charge is 0.337 e. The molecule has 1 unspecified atom stereocenters. The van der Waals surface area contributed by atoms with Crippen LogP contribution in [0.3, 0.4) is 0 Å². The number of carbonyl (C=O) groups excluding carboxylic acids is 1. The molecule has 1 aromatic heterocycles. The molecule has 1 saturated carbocycles. The van der Waals surface area contributed by atoms with E-state index in [4.69, 9.17) is 0 Å². The second kappa shape index (κ2) is 10.6. The first-order valence-corrected chi connectivity index (χ1v) is 13.1. The van der Waals surface area contributed by atoms with Gasteiger partial charge in [0.05, 0.1) is 17.7 Å². The van der Waals surface area contributed by atoms with E-state index in [1.807, 2.05) is 24.8 Å². The van der Waals surface area contributed by atoms with Gasteiger partial charge >= 0.3 is 5.97 Å². The molecule has 1 amide bonds. The monoisotopic (exact) mass is 494 g/mol. The Kier molecular flexibility index (Phi) is 7.69. The maximum absolute atomic E-state index is 13.0. The van der Waals surface area contributed by atoms with Gasteiger partial charge in [-0.15, -0.1) is 0 Å². The number of carboxylic acids is 1. The minimum absolute atomic E-state index is 0.0116. The molecule has 1 aliphatic carbocycles. The van der Waals surface area contributed by atoms with E-state index in [-0.39, 0.29) is 23.6 Å². The standard InChI is InChI=1S/C29H38N2O5/c1-28(2)19-30(25(32)14-13-21-9-5-3-6-10-21)16-15-29(28,36)20-31-18-24(27(34)35)23(17-26(31)33)22-11-7-4-8-12-22/h4,7-8,11-12,17-18,21,36H,3,5-6,9-10,13-16,19-20H2,1-2H3,(H,34,35). The van der Waals surface area contributed by atoms with Crippen molar-refractivity contribution in [2.24, 2.45) is 11.3 Å². The molecule has 0 bridgehead atoms. The Balaban J connectivity index is 1.49. The van der Waals surface area contributed by atoms with Crippen LogP contribution in [0.5, 0.6) is 0 Å². The molecule has 0 spiro atoms. The fourth-order valence-corrected chi connectivity index (χ4v) is 5.83. The van der Waals surface area contributed by atoms with E-state index in [2.05, 4.69) is 0 Å². The van der Waals surface area contributed by atoms with Gasteiger partial charge < -0.3 is 19.7 Å². The van der Waals surface area contributed by atoms with Gasteiger partial charge in [0.2, 0.25) is 5.91 Å². The summed E-state index contributed by atoms with van der Waals surface area (Å²) in [5.74, 6) is -0.355. The number of aromatic nitrogens is 1. The Morgan fingerprint density at radius 2 is 1.78 bits per heavy atom. The van der Waals surface area contributed by atoms with E-state index in [0.29, 0.717) is 43.0 Å². The number of rotatable bonds is 7. The van der Waals surface area contributed by atoms with E-state index >= 15 is 0 Å². The number of carboxylic acid groups (broad SMARTS) is 1. The van der Waals surface area contributed by atoms with Crippen molar-refractivity contribution in [3.63, 3.8) is 0 Å². The highest BCUT2D eigenvalue weighted by molar-refractivity contribution is 5.95. The third-order valence-electron chi connectivity index (χ3n) is 8.36. The van der Waals surface area contributed by atoms with Crippen LogP contribution < -0.4 is 5.56 Å². The van der Waals surface area contributed by atoms with Gasteiger partial charge in [0, 0.05) is 42.8 Å². The molecule has 194 valence electrons. The number of nitrogens with zero attached hydrogens (tertiary/aromatic N) is 2. The van der Waals surface area contributed by atoms with Gasteiger partial charge in [-0.2, -0.15) is 0 Å². The summed E-state index contributed by atoms with van der Waals surface area (Å²) < 4.78 is 1.30. The van der Waals surface area contributed by atoms with Crippen LogP contribution in [-0.4, -0.2) is 50.2 Å². The number of pyridine rings is 1. The lowest BCUT2D eigenvalue weighted by Crippen LogP contribution is -2.60. The van der Waals surface area contributed by atoms with E-state index in [0.717, 1.165) is 6.42 Å². The van der Waals surface area contributed by atoms with Crippen LogP contribution in [0.25, 0.3) is 11.1 Å². The summed E-state index contributed by atoms with van der Waals surface area (Å²) in [7, 11) is 0. The van der Waals surface area contributed by atoms with Crippen molar-refractivity contribution < 1.29 is 19.8 Å². The van der Waals surface area contributed by atoms with Gasteiger partial charge in [0.1, 0.15) is 0 Å². The number of hydrogen-bond donors (Lipinski definition) is 2. The van der Waals surface area contributed by atoms with Gasteiger partial charge in [-0.25, -0.2) is 4.79 Å². The molecule has 36 heavy (non-hydrogen) atoms. The summed E-state index contributed by atoms with van der Waals surface area (Å²) in [6.07, 6.45) is 9.39. The fraction of sp³-hybridized carbons (Fsp3) is 0.552. The second-order valence-corrected chi connectivity index (χ2v) is 11.3. The van der Waals surface area contributed by atoms with Gasteiger partial charge in [0.15, 0.2) is 0 Å². The lowest BCUT2D eigenvalue weighted by atomic mass is 9.69. The van der Waals surface area contributed by atoms with Crippen molar-refractivity contribution >= 4 is 11.9 Å². The molecule has 7 heteroatoms. The van der Waals surface area contributed by atoms with Crippen molar-refractivity contribution in [1.82, 2.24) is 9.47 Å². The van der Waals surface area contributed by atoms with E-state index < -0.39 is 17.0 Å². The number of aromatic carboxylic acids is 1. The number of amides is 1. The first kappa shape index (κ1) is 26.1. The highest BCUT2D eigenvalue weighted by Gasteiger charge is 2.48. The largest absolute Gasteiger partial charge is 0.478 e. The number of piperidine rings is 1. The second-order valence-electron chi connectivity index (χ2n) is 11.3. The Hall–Kier alpha value is -2.93. The minimum atomic E-state index is -1.26. The molecule has 7 nitrogen and oxygen atoms in total. The molecule has 2 fully saturated rings. The van der Waals surface area contributed by atoms with E-state index in [1.165, 1.54) is 48.9 Å². The zero-order valence-corrected chi connectivity index (χ0v) is 21.4. The normalized spacial score (nSPS) is 22.4. The van der Waals surface area contributed by atoms with Gasteiger partial charge in [0.25, 0.3) is 5.56 Å². The summed E-state index contributed by atoms with van der Waals surface area (Å²) in [5, 5.41) is 21.5. The molecule has 2 aromatic rings. The Bertz CT molecular complexity index is 1150. The lowest BCUT2D eigenvalue weighted by Gasteiger charge is -2.50. The summed E-state index contributed by atoms with van der Waals surface area (Å²) >= 11 is 0. The average molecular weight is 495 g/mol. The summed E-state index contributed by atoms with van der Waals surface area (Å²) in [5.41, 5.74) is -1.29. The molecule has 2 aliphatic rings. The predicted molar refractivity (Wildman–Crippen MR) is 139 cm³/mol. The summed E-state index contributed by atoms with van der Waals surface area (Å²) in [4.78, 5) is 39.9. The number of benzene rings is 1. The number of likely N-dealkylation sites (tertiary alicyclic amines) is 1. The Morgan fingerprint density at radius 1 is 1.08 bits per heavy atom. The quantitative estimate of drug-likeness (QED) is 0.588. The number of hydrogen-bond acceptors (Lipinski definition) is 4. The van der Waals surface area contributed by atoms with E-state index in [9.17, 15) is 24.6 Å². The predicted octanol–water partition coefficient (Wildman–Crippen LogP) is 4.56. The van der Waals surface area contributed by atoms with Gasteiger partial charge in [-0.3, -0.25) is 9.59 Å². The third-order valence-corrected chi connectivity index (χ3v) is 8.36. The van der Waals surface area contributed by atoms with Crippen LogP contribution in [0.4, 0.5) is 0 Å². The van der Waals surface area contributed by atoms with Crippen molar-refractivity contribution in [3.8, 4) is 11.1 Å². The van der Waals surface area contributed by atoms with Crippen molar-refractivity contribution in [2.45, 2.75) is 77.4 Å². The molecular weight excluding hydrogens is 456 g/mol. The van der Waals surface area contributed by atoms with Crippen LogP contribution in [0.1, 0.15) is 75.6 Å². The summed E-state index contributed by atoms with van der Waals surface area (Å²) in [6, 6.07) is 10.3. The van der Waals surface area contributed by atoms with Gasteiger partial charge in [-0.1, -0.05) is 76.3 Å². The Morgan fingerprint density at radius 3 is 2.42 bits per heavy atom. The molecule has 2 N–H and O–H groups in total. The molecule has 2 heterocycles. The zero-order chi connectivity index (χ0) is 25.9. The number of carbonyl (C=O) groups is 2. The average Bonchev–Trinajstić information content (AvgIpc) is 2.86. The minimum Gasteiger partial charge on any atom is -0.478 e. The maximum Gasteiger partial charge on any atom is 0.337 e. The van der Waals surface area contributed by atoms with Crippen LogP contribution in [0, 0.1) is 11.3 Å². The molecule has 1 saturated heterocycles. The van der Waals surface area contributed by atoms with Crippen molar-refractivity contribution in [1.29, 1.82) is 0 Å². The molecule has 1 aromatic carbocycles. The number of aliphatic hydroxyl groups is 1. The molecule has 1 aliphatic heterocycles. The summed E-state index contributed by atoms with van der Waals surface area (Å²) in [6.45, 7) is 4.62. The first-order chi connectivity index (χ1) is 17.1. The van der Waals surface area contributed by atoms with Crippen LogP contribution in [0.15, 0.2) is 47.4 Å². The maximum atomic E-state index is 13.0. The van der Waals surface area contributed by atoms with Crippen molar-refractivity contribution in [2.75, 3.05) is 13.1 Å². The van der Waals surface area contributed by atoms with Crippen LogP contribution in [-0.2, 0) is 11.3 Å². The SMILES string of the molecule is CC1(C)CN(C(=O)CCC2CCCCC2)CCC1(O)Cn1cc(C(=O)O)c(-c2ccccc2)cc1=O. The zero-order valence-electron chi connectivity index (χ0n) is 21.4. The van der Waals surface area contributed by atoms with Crippen LogP contribution >= 0.6 is 0 Å². The highest BCUT2D eigenvalue weighted by atomic mass is 16.4. The topological polar surface area (TPSA) is 99.8 Å². The molecule has 4 rings (SSSR count). The third kappa shape index (κ3) is 5.56. The highest BCUT2D eigenvalue weighted by Crippen LogP contribution is 2.40. The van der Waals surface area contributed by atoms with Crippen molar-refractivity contribution in [3.05, 3.63) is 58.5 Å². The molecular formula is C29H38N2O5. The first-order valence-electron chi connectivity index (χ1n) is 13.1. The van der Waals surface area contributed by atoms with E-state index in [1.54, 1.807) is 24.3 Å². The lowest BCUT2D eigenvalue weighted by molar-refractivity contribution is -0.154. The molecule has 1 atom stereocenters. The molecule has 0 radical (unpaired) electrons. The van der Waals surface area contributed by atoms with Crippen LogP contribution in [0.2, 0.25) is 0 Å². The fourth-order valence-electron chi connectivity index (χ4n) is 5.83. The Labute approximate surface area is 212 Å².